The Hall–Kier alpha value is -1.15. The highest BCUT2D eigenvalue weighted by atomic mass is 16.1. The van der Waals surface area contributed by atoms with Crippen LogP contribution in [0.25, 0.3) is 0 Å². The number of aldehydes is 1. The van der Waals surface area contributed by atoms with Gasteiger partial charge in [0.15, 0.2) is 0 Å². The van der Waals surface area contributed by atoms with E-state index in [1.54, 1.807) is 0 Å². The van der Waals surface area contributed by atoms with E-state index >= 15 is 0 Å². The van der Waals surface area contributed by atoms with Gasteiger partial charge in [-0.1, -0.05) is 58.0 Å². The largest absolute Gasteiger partial charge is 0.322 e. The van der Waals surface area contributed by atoms with E-state index in [0.717, 1.165) is 19.1 Å². The summed E-state index contributed by atoms with van der Waals surface area (Å²) in [6.45, 7) is 8.00. The van der Waals surface area contributed by atoms with Gasteiger partial charge in [-0.05, 0) is 18.4 Å². The number of hydrogen-bond donors (Lipinski definition) is 1. The maximum Gasteiger partial charge on any atom is 0.136 e. The van der Waals surface area contributed by atoms with Crippen LogP contribution >= 0.6 is 0 Å². The van der Waals surface area contributed by atoms with E-state index in [1.807, 2.05) is 58.0 Å². The third-order valence-corrected chi connectivity index (χ3v) is 1.78. The lowest BCUT2D eigenvalue weighted by Gasteiger charge is -2.02. The first kappa shape index (κ1) is 17.3. The van der Waals surface area contributed by atoms with Crippen molar-refractivity contribution in [1.82, 2.24) is 0 Å². The molecule has 0 saturated carbocycles. The summed E-state index contributed by atoms with van der Waals surface area (Å²) in [6, 6.07) is 9.71. The molecule has 0 aliphatic carbocycles. The number of hydrogen-bond acceptors (Lipinski definition) is 2. The average molecular weight is 225 g/mol. The zero-order valence-corrected chi connectivity index (χ0v) is 10.9. The normalized spacial score (nSPS) is 10.1. The molecule has 2 nitrogen and oxygen atoms in total. The quantitative estimate of drug-likeness (QED) is 0.798. The molecule has 0 aliphatic heterocycles. The predicted molar refractivity (Wildman–Crippen MR) is 73.6 cm³/mol. The summed E-state index contributed by atoms with van der Waals surface area (Å²) in [6.07, 6.45) is 2.40. The number of rotatable bonds is 4. The Morgan fingerprint density at radius 3 is 2.12 bits per heavy atom. The van der Waals surface area contributed by atoms with E-state index in [0.29, 0.717) is 0 Å². The van der Waals surface area contributed by atoms with Crippen molar-refractivity contribution in [2.45, 2.75) is 46.6 Å². The molecule has 1 atom stereocenters. The lowest BCUT2D eigenvalue weighted by Crippen LogP contribution is -2.21. The molecule has 16 heavy (non-hydrogen) atoms. The van der Waals surface area contributed by atoms with Gasteiger partial charge in [-0.15, -0.1) is 0 Å². The fourth-order valence-corrected chi connectivity index (χ4v) is 1.05. The molecule has 2 heteroatoms. The van der Waals surface area contributed by atoms with Crippen molar-refractivity contribution in [3.05, 3.63) is 35.9 Å². The van der Waals surface area contributed by atoms with Crippen molar-refractivity contribution in [1.29, 1.82) is 0 Å². The molecule has 0 spiro atoms. The van der Waals surface area contributed by atoms with Crippen molar-refractivity contribution < 1.29 is 6.22 Å². The van der Waals surface area contributed by atoms with Gasteiger partial charge in [-0.25, -0.2) is 0 Å². The minimum absolute atomic E-state index is 0. The second kappa shape index (κ2) is 13.8. The van der Waals surface area contributed by atoms with Gasteiger partial charge >= 0.3 is 0 Å². The fourth-order valence-electron chi connectivity index (χ4n) is 1.05. The summed E-state index contributed by atoms with van der Waals surface area (Å²) in [5, 5.41) is 0. The van der Waals surface area contributed by atoms with Gasteiger partial charge in [0.25, 0.3) is 0 Å². The van der Waals surface area contributed by atoms with Crippen molar-refractivity contribution in [2.75, 3.05) is 0 Å². The monoisotopic (exact) mass is 225 g/mol. The van der Waals surface area contributed by atoms with Crippen molar-refractivity contribution in [3.8, 4) is 0 Å². The van der Waals surface area contributed by atoms with Gasteiger partial charge < -0.3 is 10.5 Å². The van der Waals surface area contributed by atoms with E-state index < -0.39 is 0 Å². The van der Waals surface area contributed by atoms with Crippen LogP contribution in [0.5, 0.6) is 0 Å². The van der Waals surface area contributed by atoms with Crippen LogP contribution in [0.2, 0.25) is 0 Å². The van der Waals surface area contributed by atoms with E-state index in [-0.39, 0.29) is 7.47 Å². The summed E-state index contributed by atoms with van der Waals surface area (Å²) >= 11 is 0. The number of aryl methyl sites for hydroxylation is 1. The Bertz CT molecular complexity index is 239. The maximum absolute atomic E-state index is 10.2. The van der Waals surface area contributed by atoms with Crippen LogP contribution in [0.15, 0.2) is 30.3 Å². The molecule has 1 rings (SSSR count). The molecule has 1 aromatic carbocycles. The van der Waals surface area contributed by atoms with Crippen LogP contribution < -0.4 is 5.73 Å². The standard InChI is InChI=1S/C10H13NO.2C2H6.H2/c11-10(8-12)7-6-9-4-2-1-3-5-9;2*1-2;/h1-5,8,10H,6-7,11H2;2*1-2H3;1H/t10-;;;/m0.../s1. The Morgan fingerprint density at radius 1 is 1.19 bits per heavy atom. The van der Waals surface area contributed by atoms with E-state index in [9.17, 15) is 4.79 Å². The maximum atomic E-state index is 10.2. The second-order valence-electron chi connectivity index (χ2n) is 2.82. The van der Waals surface area contributed by atoms with Crippen molar-refractivity contribution >= 4 is 6.29 Å². The van der Waals surface area contributed by atoms with Gasteiger partial charge in [-0.2, -0.15) is 0 Å². The van der Waals surface area contributed by atoms with Crippen LogP contribution in [0.1, 0.15) is 41.1 Å². The molecule has 0 radical (unpaired) electrons. The van der Waals surface area contributed by atoms with Gasteiger partial charge in [-0.3, -0.25) is 0 Å². The molecular weight excluding hydrogens is 198 g/mol. The highest BCUT2D eigenvalue weighted by Crippen LogP contribution is 2.02. The Morgan fingerprint density at radius 2 is 1.69 bits per heavy atom. The van der Waals surface area contributed by atoms with Crippen LogP contribution in [-0.2, 0) is 11.2 Å². The van der Waals surface area contributed by atoms with Crippen LogP contribution in [0.4, 0.5) is 0 Å². The number of carbonyl (C=O) groups excluding carboxylic acids is 1. The molecule has 0 heterocycles. The smallest absolute Gasteiger partial charge is 0.136 e. The van der Waals surface area contributed by atoms with Gasteiger partial charge in [0, 0.05) is 1.43 Å². The van der Waals surface area contributed by atoms with Crippen LogP contribution in [-0.4, -0.2) is 12.3 Å². The highest BCUT2D eigenvalue weighted by Gasteiger charge is 1.99. The third-order valence-electron chi connectivity index (χ3n) is 1.78. The molecule has 0 fully saturated rings. The lowest BCUT2D eigenvalue weighted by molar-refractivity contribution is -0.109. The summed E-state index contributed by atoms with van der Waals surface area (Å²) < 4.78 is 0. The summed E-state index contributed by atoms with van der Waals surface area (Å²) in [7, 11) is 0. The zero-order chi connectivity index (χ0) is 12.8. The molecular formula is C14H27NO. The molecule has 0 saturated heterocycles. The van der Waals surface area contributed by atoms with Crippen molar-refractivity contribution in [3.63, 3.8) is 0 Å². The predicted octanol–water partition coefficient (Wildman–Crippen LogP) is 3.44. The SMILES string of the molecule is CC.CC.N[C@H](C=O)CCc1ccccc1.[HH]. The Labute approximate surface area is 101 Å². The molecule has 0 bridgehead atoms. The summed E-state index contributed by atoms with van der Waals surface area (Å²) in [5.41, 5.74) is 6.68. The van der Waals surface area contributed by atoms with E-state index in [4.69, 9.17) is 5.73 Å². The Kier molecular flexibility index (Phi) is 14.9. The third kappa shape index (κ3) is 9.41. The zero-order valence-electron chi connectivity index (χ0n) is 10.9. The van der Waals surface area contributed by atoms with Gasteiger partial charge in [0.05, 0.1) is 6.04 Å². The molecule has 0 aromatic heterocycles. The minimum Gasteiger partial charge on any atom is -0.322 e. The Balaban J connectivity index is -0.000000355. The lowest BCUT2D eigenvalue weighted by atomic mass is 10.1. The number of benzene rings is 1. The first-order valence-corrected chi connectivity index (χ1v) is 6.07. The molecule has 0 aliphatic rings. The first-order valence-electron chi connectivity index (χ1n) is 6.07. The molecule has 1 aromatic rings. The van der Waals surface area contributed by atoms with Crippen molar-refractivity contribution in [2.24, 2.45) is 5.73 Å². The fraction of sp³-hybridized carbons (Fsp3) is 0.500. The van der Waals surface area contributed by atoms with E-state index in [1.165, 1.54) is 5.56 Å². The topological polar surface area (TPSA) is 43.1 Å². The number of carbonyl (C=O) groups is 1. The minimum atomic E-state index is -0.315. The molecule has 0 unspecified atom stereocenters. The van der Waals surface area contributed by atoms with Gasteiger partial charge in [0.2, 0.25) is 0 Å². The van der Waals surface area contributed by atoms with E-state index in [2.05, 4.69) is 0 Å². The summed E-state index contributed by atoms with van der Waals surface area (Å²) in [4.78, 5) is 10.2. The second-order valence-corrected chi connectivity index (χ2v) is 2.82. The van der Waals surface area contributed by atoms with Gasteiger partial charge in [0.1, 0.15) is 6.29 Å². The highest BCUT2D eigenvalue weighted by molar-refractivity contribution is 5.56. The number of nitrogens with two attached hydrogens (primary N) is 1. The van der Waals surface area contributed by atoms with Crippen LogP contribution in [0, 0.1) is 0 Å². The average Bonchev–Trinajstić information content (AvgIpc) is 2.41. The molecule has 2 N–H and O–H groups in total. The first-order chi connectivity index (χ1) is 7.83. The molecule has 94 valence electrons. The van der Waals surface area contributed by atoms with Crippen LogP contribution in [0.3, 0.4) is 0 Å². The summed E-state index contributed by atoms with van der Waals surface area (Å²) in [5.74, 6) is 0. The molecule has 0 amide bonds.